The quantitative estimate of drug-likeness (QED) is 0.274. The molecule has 0 aromatic carbocycles. The number of unbranched alkanes of at least 4 members (excludes halogenated alkanes) is 6. The number of carbonyl (C=O) groups excluding carboxylic acids is 1. The molecule has 1 aliphatic heterocycles. The van der Waals surface area contributed by atoms with Crippen molar-refractivity contribution in [2.75, 3.05) is 5.73 Å². The lowest BCUT2D eigenvalue weighted by atomic mass is 9.93. The number of halogens is 1. The Labute approximate surface area is 190 Å². The number of hydrogen-bond acceptors (Lipinski definition) is 9. The van der Waals surface area contributed by atoms with E-state index in [1.165, 1.54) is 23.6 Å². The van der Waals surface area contributed by atoms with Gasteiger partial charge in [-0.15, -0.1) is 6.42 Å². The van der Waals surface area contributed by atoms with Gasteiger partial charge in [0.2, 0.25) is 11.2 Å². The van der Waals surface area contributed by atoms with Crippen molar-refractivity contribution in [1.82, 2.24) is 19.5 Å². The molecule has 2 fully saturated rings. The number of esters is 1. The normalized spacial score (nSPS) is 32.5. The fraction of sp³-hybridized carbons (Fsp3) is 0.636. The van der Waals surface area contributed by atoms with Gasteiger partial charge in [0.1, 0.15) is 11.8 Å². The zero-order chi connectivity index (χ0) is 23.9. The van der Waals surface area contributed by atoms with Crippen LogP contribution in [0.15, 0.2) is 12.7 Å². The molecule has 0 amide bonds. The highest BCUT2D eigenvalue weighted by Gasteiger charge is 2.98. The van der Waals surface area contributed by atoms with Crippen LogP contribution >= 0.6 is 0 Å². The molecular formula is C22H28FN5O5. The fourth-order valence-corrected chi connectivity index (χ4v) is 4.56. The maximum atomic E-state index is 15.6. The first-order chi connectivity index (χ1) is 15.8. The number of ether oxygens (including phenoxy) is 2. The summed E-state index contributed by atoms with van der Waals surface area (Å²) in [6, 6.07) is 0. The maximum absolute atomic E-state index is 15.6. The molecule has 3 heterocycles. The summed E-state index contributed by atoms with van der Waals surface area (Å²) < 4.78 is 27.4. The van der Waals surface area contributed by atoms with E-state index in [0.29, 0.717) is 6.42 Å². The number of terminal acetylenes is 1. The summed E-state index contributed by atoms with van der Waals surface area (Å²) in [6.45, 7) is 2.14. The largest absolute Gasteiger partial charge is 0.445 e. The standard InChI is InChI=1S/C22H28FN5O5/c1-3-5-6-7-8-9-10-11-14(29)32-21-18(30)22(21,23)33-19(20(21,31)4-2)28-13-27-15-16(24)25-12-26-17(15)28/h2,12-13,18-19,30-31H,3,5-11H2,1H3,(H2,24,25,26)/t18?,19-,20+,21+,22-/m1/s1. The van der Waals surface area contributed by atoms with Crippen molar-refractivity contribution in [3.05, 3.63) is 12.7 Å². The first-order valence-corrected chi connectivity index (χ1v) is 11.2. The van der Waals surface area contributed by atoms with Crippen LogP contribution in [-0.2, 0) is 14.3 Å². The minimum Gasteiger partial charge on any atom is -0.445 e. The highest BCUT2D eigenvalue weighted by molar-refractivity contribution is 5.81. The van der Waals surface area contributed by atoms with Crippen LogP contribution in [0.4, 0.5) is 10.2 Å². The Morgan fingerprint density at radius 1 is 1.30 bits per heavy atom. The van der Waals surface area contributed by atoms with Crippen LogP contribution in [0.3, 0.4) is 0 Å². The average molecular weight is 461 g/mol. The predicted octanol–water partition coefficient (Wildman–Crippen LogP) is 1.76. The van der Waals surface area contributed by atoms with Gasteiger partial charge in [0.25, 0.3) is 5.85 Å². The van der Waals surface area contributed by atoms with Crippen molar-refractivity contribution in [3.63, 3.8) is 0 Å². The maximum Gasteiger partial charge on any atom is 0.306 e. The second-order valence-corrected chi connectivity index (χ2v) is 8.59. The van der Waals surface area contributed by atoms with E-state index in [1.54, 1.807) is 0 Å². The van der Waals surface area contributed by atoms with Gasteiger partial charge in [-0.3, -0.25) is 9.36 Å². The zero-order valence-electron chi connectivity index (χ0n) is 18.4. The van der Waals surface area contributed by atoms with Crippen molar-refractivity contribution in [3.8, 4) is 12.3 Å². The van der Waals surface area contributed by atoms with Gasteiger partial charge in [-0.25, -0.2) is 19.3 Å². The van der Waals surface area contributed by atoms with E-state index in [1.807, 2.05) is 0 Å². The number of alkyl halides is 1. The highest BCUT2D eigenvalue weighted by atomic mass is 19.2. The number of hydrogen-bond donors (Lipinski definition) is 3. The molecule has 1 aliphatic carbocycles. The molecule has 11 heteroatoms. The van der Waals surface area contributed by atoms with Gasteiger partial charge < -0.3 is 25.4 Å². The lowest BCUT2D eigenvalue weighted by molar-refractivity contribution is -0.179. The number of aliphatic hydroxyl groups is 2. The third-order valence-corrected chi connectivity index (χ3v) is 6.49. The minimum absolute atomic E-state index is 0.00140. The van der Waals surface area contributed by atoms with E-state index in [-0.39, 0.29) is 23.4 Å². The lowest BCUT2D eigenvalue weighted by Crippen LogP contribution is -2.52. The Morgan fingerprint density at radius 2 is 2.00 bits per heavy atom. The molecular weight excluding hydrogens is 433 g/mol. The lowest BCUT2D eigenvalue weighted by Gasteiger charge is -2.32. The van der Waals surface area contributed by atoms with E-state index in [9.17, 15) is 15.0 Å². The molecule has 0 radical (unpaired) electrons. The fourth-order valence-electron chi connectivity index (χ4n) is 4.56. The van der Waals surface area contributed by atoms with E-state index < -0.39 is 35.4 Å². The second kappa shape index (κ2) is 8.52. The van der Waals surface area contributed by atoms with Gasteiger partial charge in [-0.1, -0.05) is 51.4 Å². The van der Waals surface area contributed by atoms with Gasteiger partial charge in [-0.2, -0.15) is 0 Å². The molecule has 4 rings (SSSR count). The van der Waals surface area contributed by atoms with Crippen LogP contribution in [0.5, 0.6) is 0 Å². The molecule has 33 heavy (non-hydrogen) atoms. The molecule has 10 nitrogen and oxygen atoms in total. The summed E-state index contributed by atoms with van der Waals surface area (Å²) in [5.74, 6) is -1.52. The second-order valence-electron chi connectivity index (χ2n) is 8.59. The van der Waals surface area contributed by atoms with Crippen molar-refractivity contribution in [2.24, 2.45) is 0 Å². The average Bonchev–Trinajstić information content (AvgIpc) is 3.10. The van der Waals surface area contributed by atoms with Crippen LogP contribution in [0.25, 0.3) is 11.2 Å². The third-order valence-electron chi connectivity index (χ3n) is 6.49. The monoisotopic (exact) mass is 461 g/mol. The molecule has 1 saturated heterocycles. The SMILES string of the molecule is C#C[C@]1(O)[C@H](n2cnc3c(N)ncnc32)O[C@]2(F)C(O)[C@@]21OC(=O)CCCCCCCCC. The van der Waals surface area contributed by atoms with Crippen molar-refractivity contribution < 1.29 is 28.9 Å². The number of imidazole rings is 1. The predicted molar refractivity (Wildman–Crippen MR) is 115 cm³/mol. The van der Waals surface area contributed by atoms with Crippen LogP contribution in [0.2, 0.25) is 0 Å². The summed E-state index contributed by atoms with van der Waals surface area (Å²) in [5.41, 5.74) is 1.10. The summed E-state index contributed by atoms with van der Waals surface area (Å²) in [5, 5.41) is 21.7. The molecule has 1 unspecified atom stereocenters. The zero-order valence-corrected chi connectivity index (χ0v) is 18.4. The van der Waals surface area contributed by atoms with Gasteiger partial charge >= 0.3 is 5.97 Å². The minimum atomic E-state index is -2.89. The molecule has 4 N–H and O–H groups in total. The molecule has 0 spiro atoms. The van der Waals surface area contributed by atoms with Crippen molar-refractivity contribution >= 4 is 23.0 Å². The number of anilines is 1. The van der Waals surface area contributed by atoms with Crippen LogP contribution in [0, 0.1) is 12.3 Å². The number of rotatable bonds is 10. The molecule has 0 bridgehead atoms. The van der Waals surface area contributed by atoms with Crippen molar-refractivity contribution in [2.45, 2.75) is 87.7 Å². The Morgan fingerprint density at radius 3 is 2.70 bits per heavy atom. The van der Waals surface area contributed by atoms with E-state index in [0.717, 1.165) is 32.1 Å². The first-order valence-electron chi connectivity index (χ1n) is 11.2. The number of aromatic nitrogens is 4. The summed E-state index contributed by atoms with van der Waals surface area (Å²) in [6.07, 6.45) is 11.3. The van der Waals surface area contributed by atoms with E-state index in [4.69, 9.17) is 21.6 Å². The number of nitrogens with zero attached hydrogens (tertiary/aromatic N) is 4. The van der Waals surface area contributed by atoms with Gasteiger partial charge in [-0.05, 0) is 6.42 Å². The van der Waals surface area contributed by atoms with Gasteiger partial charge in [0.15, 0.2) is 23.8 Å². The smallest absolute Gasteiger partial charge is 0.306 e. The Hall–Kier alpha value is -2.81. The van der Waals surface area contributed by atoms with Crippen LogP contribution in [-0.4, -0.2) is 58.9 Å². The first kappa shape index (κ1) is 23.4. The van der Waals surface area contributed by atoms with E-state index in [2.05, 4.69) is 27.8 Å². The molecule has 5 atom stereocenters. The number of nitrogens with two attached hydrogens (primary N) is 1. The Kier molecular flexibility index (Phi) is 6.03. The van der Waals surface area contributed by atoms with Gasteiger partial charge in [0, 0.05) is 6.42 Å². The summed E-state index contributed by atoms with van der Waals surface area (Å²) in [4.78, 5) is 24.5. The molecule has 178 valence electrons. The number of nitrogen functional groups attached to an aromatic ring is 1. The summed E-state index contributed by atoms with van der Waals surface area (Å²) >= 11 is 0. The molecule has 2 aromatic rings. The summed E-state index contributed by atoms with van der Waals surface area (Å²) in [7, 11) is 0. The number of carbonyl (C=O) groups is 1. The highest BCUT2D eigenvalue weighted by Crippen LogP contribution is 2.70. The van der Waals surface area contributed by atoms with Crippen molar-refractivity contribution in [1.29, 1.82) is 0 Å². The number of fused-ring (bicyclic) bond motifs is 2. The van der Waals surface area contributed by atoms with E-state index >= 15 is 4.39 Å². The number of aliphatic hydroxyl groups excluding tert-OH is 1. The van der Waals surface area contributed by atoms with Crippen LogP contribution < -0.4 is 5.73 Å². The Bertz CT molecular complexity index is 1090. The third kappa shape index (κ3) is 3.36. The Balaban J connectivity index is 1.50. The molecule has 2 aliphatic rings. The topological polar surface area (TPSA) is 146 Å². The molecule has 2 aromatic heterocycles. The van der Waals surface area contributed by atoms with Crippen LogP contribution in [0.1, 0.15) is 64.5 Å². The van der Waals surface area contributed by atoms with Gasteiger partial charge in [0.05, 0.1) is 6.33 Å². The molecule has 1 saturated carbocycles.